The topological polar surface area (TPSA) is 43.4 Å². The monoisotopic (exact) mass is 270 g/mol. The number of rotatable bonds is 2. The zero-order chi connectivity index (χ0) is 13.9. The molecule has 0 aromatic rings. The molecule has 0 aliphatic heterocycles. The van der Waals surface area contributed by atoms with Gasteiger partial charge in [-0.2, -0.15) is 0 Å². The third-order valence-corrected chi connectivity index (χ3v) is 4.86. The molecule has 1 aliphatic carbocycles. The first-order valence-electron chi connectivity index (χ1n) is 6.20. The molecule has 0 amide bonds. The molecule has 3 nitrogen and oxygen atoms in total. The summed E-state index contributed by atoms with van der Waals surface area (Å²) in [6.45, 7) is 9.58. The lowest BCUT2D eigenvalue weighted by molar-refractivity contribution is -0.135. The molecule has 1 unspecified atom stereocenters. The molecule has 0 saturated heterocycles. The second-order valence-electron chi connectivity index (χ2n) is 5.49. The smallest absolute Gasteiger partial charge is 0.347 e. The van der Waals surface area contributed by atoms with Crippen LogP contribution in [-0.2, 0) is 20.3 Å². The summed E-state index contributed by atoms with van der Waals surface area (Å²) in [4.78, 5) is 12.2. The molecule has 1 atom stereocenters. The summed E-state index contributed by atoms with van der Waals surface area (Å²) in [5, 5.41) is 0. The normalized spacial score (nSPS) is 21.4. The van der Waals surface area contributed by atoms with Crippen LogP contribution in [-0.4, -0.2) is 22.0 Å². The van der Waals surface area contributed by atoms with E-state index >= 15 is 0 Å². The van der Waals surface area contributed by atoms with Crippen molar-refractivity contribution in [3.63, 3.8) is 0 Å². The van der Waals surface area contributed by atoms with Gasteiger partial charge in [-0.25, -0.2) is 4.79 Å². The van der Waals surface area contributed by atoms with Crippen molar-refractivity contribution >= 4 is 16.8 Å². The number of esters is 1. The van der Waals surface area contributed by atoms with E-state index in [1.807, 2.05) is 20.8 Å². The van der Waals surface area contributed by atoms with Crippen LogP contribution in [0.3, 0.4) is 0 Å². The summed E-state index contributed by atoms with van der Waals surface area (Å²) < 4.78 is 16.8. The largest absolute Gasteiger partial charge is 0.465 e. The first kappa shape index (κ1) is 15.2. The second-order valence-corrected chi connectivity index (χ2v) is 7.66. The van der Waals surface area contributed by atoms with E-state index in [1.54, 1.807) is 0 Å². The van der Waals surface area contributed by atoms with Crippen LogP contribution in [0.2, 0.25) is 0 Å². The van der Waals surface area contributed by atoms with Crippen molar-refractivity contribution in [2.24, 2.45) is 0 Å². The van der Waals surface area contributed by atoms with E-state index in [-0.39, 0.29) is 0 Å². The van der Waals surface area contributed by atoms with Gasteiger partial charge in [0.15, 0.2) is 0 Å². The summed E-state index contributed by atoms with van der Waals surface area (Å²) in [7, 11) is -0.0514. The second kappa shape index (κ2) is 5.83. The van der Waals surface area contributed by atoms with Crippen molar-refractivity contribution in [2.75, 3.05) is 7.11 Å². The number of hydrogen-bond acceptors (Lipinski definition) is 3. The van der Waals surface area contributed by atoms with Crippen LogP contribution in [0.25, 0.3) is 0 Å². The summed E-state index contributed by atoms with van der Waals surface area (Å²) in [6, 6.07) is 0. The van der Waals surface area contributed by atoms with Gasteiger partial charge in [0.2, 0.25) is 0 Å². The molecule has 1 saturated carbocycles. The van der Waals surface area contributed by atoms with E-state index < -0.39 is 21.5 Å². The van der Waals surface area contributed by atoms with Crippen molar-refractivity contribution in [2.45, 2.75) is 51.2 Å². The van der Waals surface area contributed by atoms with E-state index in [1.165, 1.54) is 7.11 Å². The van der Waals surface area contributed by atoms with Crippen LogP contribution in [0.15, 0.2) is 22.6 Å². The minimum absolute atomic E-state index is 0.315. The highest BCUT2D eigenvalue weighted by Crippen LogP contribution is 2.34. The van der Waals surface area contributed by atoms with Gasteiger partial charge in [0.05, 0.1) is 17.9 Å². The standard InChI is InChI=1S/C14H22O3S/c1-10-8-6-7-9-11(10)12(13(15)17-5)18(16)14(2,3)4/h1,6-9H2,2-5H3/b12-11+. The lowest BCUT2D eigenvalue weighted by Crippen LogP contribution is -2.28. The maximum atomic E-state index is 12.5. The Bertz CT molecular complexity index is 413. The van der Waals surface area contributed by atoms with E-state index in [0.29, 0.717) is 4.91 Å². The maximum Gasteiger partial charge on any atom is 0.347 e. The summed E-state index contributed by atoms with van der Waals surface area (Å²) in [6.07, 6.45) is 3.73. The Morgan fingerprint density at radius 1 is 1.28 bits per heavy atom. The number of allylic oxidation sites excluding steroid dienone is 2. The Morgan fingerprint density at radius 3 is 2.28 bits per heavy atom. The highest BCUT2D eigenvalue weighted by Gasteiger charge is 2.32. The molecule has 1 fully saturated rings. The van der Waals surface area contributed by atoms with Gasteiger partial charge in [0, 0.05) is 4.75 Å². The van der Waals surface area contributed by atoms with Crippen molar-refractivity contribution in [3.8, 4) is 0 Å². The molecule has 0 N–H and O–H groups in total. The molecule has 4 heteroatoms. The Labute approximate surface area is 112 Å². The highest BCUT2D eigenvalue weighted by molar-refractivity contribution is 7.91. The average Bonchev–Trinajstić information content (AvgIpc) is 2.30. The van der Waals surface area contributed by atoms with E-state index in [2.05, 4.69) is 6.58 Å². The third kappa shape index (κ3) is 3.31. The lowest BCUT2D eigenvalue weighted by atomic mass is 9.90. The Hall–Kier alpha value is -0.900. The van der Waals surface area contributed by atoms with Crippen LogP contribution in [0.4, 0.5) is 0 Å². The van der Waals surface area contributed by atoms with E-state index in [4.69, 9.17) is 4.74 Å². The van der Waals surface area contributed by atoms with Gasteiger partial charge in [-0.3, -0.25) is 4.21 Å². The minimum atomic E-state index is -1.38. The zero-order valence-electron chi connectivity index (χ0n) is 11.7. The fraction of sp³-hybridized carbons (Fsp3) is 0.643. The molecule has 0 radical (unpaired) electrons. The maximum absolute atomic E-state index is 12.5. The fourth-order valence-electron chi connectivity index (χ4n) is 1.95. The summed E-state index contributed by atoms with van der Waals surface area (Å²) in [5.41, 5.74) is 1.78. The van der Waals surface area contributed by atoms with Crippen molar-refractivity contribution in [1.82, 2.24) is 0 Å². The van der Waals surface area contributed by atoms with Gasteiger partial charge in [-0.05, 0) is 52.0 Å². The lowest BCUT2D eigenvalue weighted by Gasteiger charge is -2.24. The first-order chi connectivity index (χ1) is 8.29. The predicted octanol–water partition coefficient (Wildman–Crippen LogP) is 3.09. The average molecular weight is 270 g/mol. The van der Waals surface area contributed by atoms with Gasteiger partial charge >= 0.3 is 5.97 Å². The molecule has 0 heterocycles. The van der Waals surface area contributed by atoms with Crippen LogP contribution < -0.4 is 0 Å². The van der Waals surface area contributed by atoms with Gasteiger partial charge in [-0.1, -0.05) is 12.2 Å². The number of methoxy groups -OCH3 is 1. The molecular formula is C14H22O3S. The minimum Gasteiger partial charge on any atom is -0.465 e. The number of hydrogen-bond donors (Lipinski definition) is 0. The quantitative estimate of drug-likeness (QED) is 0.572. The third-order valence-electron chi connectivity index (χ3n) is 2.97. The Kier molecular flexibility index (Phi) is 4.91. The first-order valence-corrected chi connectivity index (χ1v) is 7.35. The molecule has 0 bridgehead atoms. The van der Waals surface area contributed by atoms with Crippen molar-refractivity contribution < 1.29 is 13.7 Å². The fourth-order valence-corrected chi connectivity index (χ4v) is 3.27. The van der Waals surface area contributed by atoms with Gasteiger partial charge in [0.1, 0.15) is 4.91 Å². The predicted molar refractivity (Wildman–Crippen MR) is 74.5 cm³/mol. The molecule has 0 spiro atoms. The Morgan fingerprint density at radius 2 is 1.83 bits per heavy atom. The zero-order valence-corrected chi connectivity index (χ0v) is 12.5. The van der Waals surface area contributed by atoms with Crippen LogP contribution in [0.1, 0.15) is 46.5 Å². The van der Waals surface area contributed by atoms with Crippen molar-refractivity contribution in [3.05, 3.63) is 22.6 Å². The highest BCUT2D eigenvalue weighted by atomic mass is 32.2. The molecule has 1 aliphatic rings. The number of ether oxygens (including phenoxy) is 1. The van der Waals surface area contributed by atoms with Crippen molar-refractivity contribution in [1.29, 1.82) is 0 Å². The van der Waals surface area contributed by atoms with Gasteiger partial charge in [-0.15, -0.1) is 0 Å². The molecule has 0 aromatic carbocycles. The molecule has 1 rings (SSSR count). The SMILES string of the molecule is C=C1CCCC/C1=C(/C(=O)OC)S(=O)C(C)(C)C. The van der Waals surface area contributed by atoms with E-state index in [0.717, 1.165) is 36.8 Å². The number of carbonyl (C=O) groups is 1. The van der Waals surface area contributed by atoms with Crippen LogP contribution in [0, 0.1) is 0 Å². The molecule has 18 heavy (non-hydrogen) atoms. The summed E-state index contributed by atoms with van der Waals surface area (Å²) >= 11 is 0. The number of carbonyl (C=O) groups excluding carboxylic acids is 1. The molecular weight excluding hydrogens is 248 g/mol. The Balaban J connectivity index is 3.28. The molecule has 102 valence electrons. The van der Waals surface area contributed by atoms with Gasteiger partial charge < -0.3 is 4.74 Å². The van der Waals surface area contributed by atoms with Gasteiger partial charge in [0.25, 0.3) is 0 Å². The van der Waals surface area contributed by atoms with E-state index in [9.17, 15) is 9.00 Å². The molecule has 0 aromatic heterocycles. The summed E-state index contributed by atoms with van der Waals surface area (Å²) in [5.74, 6) is -0.485. The van der Waals surface area contributed by atoms with Crippen LogP contribution >= 0.6 is 0 Å². The van der Waals surface area contributed by atoms with Crippen LogP contribution in [0.5, 0.6) is 0 Å².